The maximum atomic E-state index is 6.07. The van der Waals surface area contributed by atoms with E-state index in [9.17, 15) is 0 Å². The molecule has 0 saturated carbocycles. The Balaban J connectivity index is 3.06. The van der Waals surface area contributed by atoms with Gasteiger partial charge in [0, 0.05) is 5.56 Å². The van der Waals surface area contributed by atoms with Crippen molar-refractivity contribution in [2.75, 3.05) is 13.7 Å². The molecule has 0 unspecified atom stereocenters. The minimum absolute atomic E-state index is 0.0948. The van der Waals surface area contributed by atoms with Gasteiger partial charge < -0.3 is 20.9 Å². The van der Waals surface area contributed by atoms with Crippen LogP contribution in [0.25, 0.3) is 0 Å². The molecule has 0 aliphatic heterocycles. The maximum absolute atomic E-state index is 6.07. The van der Waals surface area contributed by atoms with E-state index in [1.54, 1.807) is 12.1 Å². The van der Waals surface area contributed by atoms with Crippen molar-refractivity contribution in [2.45, 2.75) is 0 Å². The molecule has 0 radical (unpaired) electrons. The quantitative estimate of drug-likeness (QED) is 0.363. The number of nitrogens with two attached hydrogens (primary N) is 2. The largest absolute Gasteiger partial charge is 0.493 e. The standard InChI is InChI=1S/C12H13ClN4O2/c1-3-4-19-11-9(13)5-8(6-10(11)18-2)7-16-17-12(14)15/h1,5-7H,4H2,2H3,(H4,14,15,17)/b16-7+. The summed E-state index contributed by atoms with van der Waals surface area (Å²) in [6.07, 6.45) is 6.55. The fraction of sp³-hybridized carbons (Fsp3) is 0.167. The van der Waals surface area contributed by atoms with Crippen LogP contribution in [0, 0.1) is 12.3 Å². The number of terminal acetylenes is 1. The van der Waals surface area contributed by atoms with Gasteiger partial charge in [0.2, 0.25) is 5.96 Å². The number of halogens is 1. The molecule has 1 aromatic carbocycles. The number of hydrogen-bond acceptors (Lipinski definition) is 4. The third kappa shape index (κ3) is 4.41. The predicted octanol–water partition coefficient (Wildman–Crippen LogP) is 0.968. The molecule has 0 heterocycles. The van der Waals surface area contributed by atoms with Crippen LogP contribution in [0.1, 0.15) is 5.56 Å². The second kappa shape index (κ2) is 7.13. The van der Waals surface area contributed by atoms with Gasteiger partial charge in [-0.05, 0) is 12.1 Å². The summed E-state index contributed by atoms with van der Waals surface area (Å²) in [5.41, 5.74) is 10.9. The van der Waals surface area contributed by atoms with Gasteiger partial charge in [0.15, 0.2) is 11.5 Å². The molecule has 0 saturated heterocycles. The van der Waals surface area contributed by atoms with Gasteiger partial charge in [0.25, 0.3) is 0 Å². The molecule has 19 heavy (non-hydrogen) atoms. The normalized spacial score (nSPS) is 9.95. The van der Waals surface area contributed by atoms with Gasteiger partial charge in [-0.2, -0.15) is 5.10 Å². The van der Waals surface area contributed by atoms with Gasteiger partial charge in [-0.3, -0.25) is 0 Å². The van der Waals surface area contributed by atoms with Gasteiger partial charge in [0.05, 0.1) is 18.3 Å². The lowest BCUT2D eigenvalue weighted by atomic mass is 10.2. The molecule has 1 aromatic rings. The van der Waals surface area contributed by atoms with E-state index in [2.05, 4.69) is 16.1 Å². The van der Waals surface area contributed by atoms with E-state index in [1.807, 2.05) is 0 Å². The van der Waals surface area contributed by atoms with Crippen LogP contribution in [-0.4, -0.2) is 25.9 Å². The van der Waals surface area contributed by atoms with E-state index in [4.69, 9.17) is 39.0 Å². The highest BCUT2D eigenvalue weighted by Gasteiger charge is 2.11. The fourth-order valence-electron chi connectivity index (χ4n) is 1.23. The van der Waals surface area contributed by atoms with Crippen molar-refractivity contribution in [3.63, 3.8) is 0 Å². The average Bonchev–Trinajstić information content (AvgIpc) is 2.36. The first kappa shape index (κ1) is 14.7. The summed E-state index contributed by atoms with van der Waals surface area (Å²) >= 11 is 6.07. The van der Waals surface area contributed by atoms with Crippen molar-refractivity contribution in [3.8, 4) is 23.8 Å². The van der Waals surface area contributed by atoms with Gasteiger partial charge in [-0.1, -0.05) is 17.5 Å². The molecule has 4 N–H and O–H groups in total. The summed E-state index contributed by atoms with van der Waals surface area (Å²) in [5, 5.41) is 7.50. The number of methoxy groups -OCH3 is 1. The first-order chi connectivity index (χ1) is 9.08. The Labute approximate surface area is 116 Å². The van der Waals surface area contributed by atoms with Crippen molar-refractivity contribution in [3.05, 3.63) is 22.7 Å². The summed E-state index contributed by atoms with van der Waals surface area (Å²) in [4.78, 5) is 0. The van der Waals surface area contributed by atoms with Crippen molar-refractivity contribution < 1.29 is 9.47 Å². The van der Waals surface area contributed by atoms with Crippen LogP contribution >= 0.6 is 11.6 Å². The molecular weight excluding hydrogens is 268 g/mol. The molecule has 0 atom stereocenters. The number of ether oxygens (including phenoxy) is 2. The first-order valence-corrected chi connectivity index (χ1v) is 5.52. The molecular formula is C12H13ClN4O2. The Morgan fingerprint density at radius 3 is 2.84 bits per heavy atom. The molecule has 100 valence electrons. The second-order valence-electron chi connectivity index (χ2n) is 3.30. The highest BCUT2D eigenvalue weighted by Crippen LogP contribution is 2.35. The molecule has 0 amide bonds. The van der Waals surface area contributed by atoms with E-state index in [1.165, 1.54) is 13.3 Å². The van der Waals surface area contributed by atoms with E-state index < -0.39 is 0 Å². The summed E-state index contributed by atoms with van der Waals surface area (Å²) < 4.78 is 10.5. The second-order valence-corrected chi connectivity index (χ2v) is 3.70. The third-order valence-electron chi connectivity index (χ3n) is 1.93. The fourth-order valence-corrected chi connectivity index (χ4v) is 1.50. The van der Waals surface area contributed by atoms with Crippen LogP contribution in [0.15, 0.2) is 22.3 Å². The van der Waals surface area contributed by atoms with E-state index in [0.29, 0.717) is 22.1 Å². The summed E-state index contributed by atoms with van der Waals surface area (Å²) in [5.74, 6) is 3.03. The predicted molar refractivity (Wildman–Crippen MR) is 75.7 cm³/mol. The van der Waals surface area contributed by atoms with Crippen LogP contribution in [0.5, 0.6) is 11.5 Å². The van der Waals surface area contributed by atoms with Gasteiger partial charge in [-0.25, -0.2) is 0 Å². The van der Waals surface area contributed by atoms with Gasteiger partial charge >= 0.3 is 0 Å². The zero-order valence-corrected chi connectivity index (χ0v) is 11.0. The molecule has 0 bridgehead atoms. The van der Waals surface area contributed by atoms with E-state index in [0.717, 1.165) is 0 Å². The van der Waals surface area contributed by atoms with Gasteiger partial charge in [-0.15, -0.1) is 11.5 Å². The van der Waals surface area contributed by atoms with Crippen LogP contribution < -0.4 is 20.9 Å². The zero-order chi connectivity index (χ0) is 14.3. The van der Waals surface area contributed by atoms with Crippen molar-refractivity contribution in [1.29, 1.82) is 0 Å². The molecule has 1 rings (SSSR count). The Morgan fingerprint density at radius 2 is 2.26 bits per heavy atom. The minimum atomic E-state index is -0.136. The van der Waals surface area contributed by atoms with Crippen molar-refractivity contribution in [1.82, 2.24) is 0 Å². The highest BCUT2D eigenvalue weighted by atomic mass is 35.5. The topological polar surface area (TPSA) is 95.2 Å². The number of hydrogen-bond donors (Lipinski definition) is 2. The summed E-state index contributed by atoms with van der Waals surface area (Å²) in [6, 6.07) is 3.30. The van der Waals surface area contributed by atoms with Crippen molar-refractivity contribution in [2.24, 2.45) is 21.7 Å². The van der Waals surface area contributed by atoms with Crippen LogP contribution in [0.4, 0.5) is 0 Å². The lowest BCUT2D eigenvalue weighted by molar-refractivity contribution is 0.331. The SMILES string of the molecule is C#CCOc1c(Cl)cc(/C=N/N=C(N)N)cc1OC. The average molecular weight is 281 g/mol. The van der Waals surface area contributed by atoms with Crippen LogP contribution in [0.2, 0.25) is 5.02 Å². The first-order valence-electron chi connectivity index (χ1n) is 5.14. The molecule has 0 aromatic heterocycles. The zero-order valence-electron chi connectivity index (χ0n) is 10.3. The van der Waals surface area contributed by atoms with E-state index >= 15 is 0 Å². The summed E-state index contributed by atoms with van der Waals surface area (Å²) in [7, 11) is 1.49. The maximum Gasteiger partial charge on any atom is 0.211 e. The Hall–Kier alpha value is -2.39. The molecule has 0 aliphatic carbocycles. The lowest BCUT2D eigenvalue weighted by Gasteiger charge is -2.11. The Morgan fingerprint density at radius 1 is 1.53 bits per heavy atom. The molecule has 0 spiro atoms. The van der Waals surface area contributed by atoms with Crippen LogP contribution in [0.3, 0.4) is 0 Å². The highest BCUT2D eigenvalue weighted by molar-refractivity contribution is 6.32. The lowest BCUT2D eigenvalue weighted by Crippen LogP contribution is -2.21. The Kier molecular flexibility index (Phi) is 5.51. The van der Waals surface area contributed by atoms with Crippen molar-refractivity contribution >= 4 is 23.8 Å². The molecule has 0 aliphatic rings. The number of benzene rings is 1. The number of rotatable bonds is 5. The number of nitrogens with zero attached hydrogens (tertiary/aromatic N) is 2. The summed E-state index contributed by atoms with van der Waals surface area (Å²) in [6.45, 7) is 0.0948. The molecule has 6 nitrogen and oxygen atoms in total. The van der Waals surface area contributed by atoms with Gasteiger partial charge in [0.1, 0.15) is 6.61 Å². The Bertz CT molecular complexity index is 545. The minimum Gasteiger partial charge on any atom is -0.493 e. The van der Waals surface area contributed by atoms with Crippen LogP contribution in [-0.2, 0) is 0 Å². The van der Waals surface area contributed by atoms with E-state index in [-0.39, 0.29) is 12.6 Å². The third-order valence-corrected chi connectivity index (χ3v) is 2.21. The number of guanidine groups is 1. The monoisotopic (exact) mass is 280 g/mol. The molecule has 0 fully saturated rings. The smallest absolute Gasteiger partial charge is 0.211 e. The molecule has 7 heteroatoms.